The summed E-state index contributed by atoms with van der Waals surface area (Å²) >= 11 is 0. The van der Waals surface area contributed by atoms with Crippen molar-refractivity contribution in [2.45, 2.75) is 32.8 Å². The molecule has 0 heterocycles. The highest BCUT2D eigenvalue weighted by Gasteiger charge is 2.31. The molecule has 0 spiro atoms. The van der Waals surface area contributed by atoms with E-state index in [-0.39, 0.29) is 11.7 Å². The van der Waals surface area contributed by atoms with E-state index in [1.54, 1.807) is 20.0 Å². The Bertz CT molecular complexity index is 494. The normalized spacial score (nSPS) is 16.2. The van der Waals surface area contributed by atoms with Gasteiger partial charge in [0.2, 0.25) is 0 Å². The van der Waals surface area contributed by atoms with Crippen LogP contribution in [0.15, 0.2) is 12.1 Å². The molecule has 0 bridgehead atoms. The molecule has 0 aliphatic heterocycles. The number of nitrogens with zero attached hydrogens (tertiary/aromatic N) is 1. The standard InChI is InChI=1S/C15H21NO3/c1-9-6-10(2)14(18)12(7-9)15(19)16(3)8-13(17)11-4-5-11/h6-7,11,13,17-18H,4-5,8H2,1-3H3. The van der Waals surface area contributed by atoms with E-state index in [0.29, 0.717) is 23.6 Å². The quantitative estimate of drug-likeness (QED) is 0.871. The molecular weight excluding hydrogens is 242 g/mol. The van der Waals surface area contributed by atoms with Gasteiger partial charge in [0.1, 0.15) is 5.75 Å². The van der Waals surface area contributed by atoms with E-state index in [1.165, 1.54) is 4.90 Å². The van der Waals surface area contributed by atoms with Crippen molar-refractivity contribution in [3.05, 3.63) is 28.8 Å². The molecule has 1 aliphatic carbocycles. The van der Waals surface area contributed by atoms with Gasteiger partial charge in [0.25, 0.3) is 5.91 Å². The Hall–Kier alpha value is -1.55. The molecule has 0 radical (unpaired) electrons. The molecule has 1 unspecified atom stereocenters. The van der Waals surface area contributed by atoms with Crippen LogP contribution in [0.5, 0.6) is 5.75 Å². The van der Waals surface area contributed by atoms with Crippen LogP contribution in [0.25, 0.3) is 0 Å². The monoisotopic (exact) mass is 263 g/mol. The molecule has 4 nitrogen and oxygen atoms in total. The molecule has 1 saturated carbocycles. The van der Waals surface area contributed by atoms with Crippen LogP contribution in [0, 0.1) is 19.8 Å². The summed E-state index contributed by atoms with van der Waals surface area (Å²) in [7, 11) is 1.66. The zero-order chi connectivity index (χ0) is 14.2. The number of carbonyl (C=O) groups excluding carboxylic acids is 1. The van der Waals surface area contributed by atoms with Gasteiger partial charge in [0, 0.05) is 13.6 Å². The van der Waals surface area contributed by atoms with E-state index in [0.717, 1.165) is 18.4 Å². The van der Waals surface area contributed by atoms with Gasteiger partial charge >= 0.3 is 0 Å². The van der Waals surface area contributed by atoms with E-state index >= 15 is 0 Å². The van der Waals surface area contributed by atoms with Crippen molar-refractivity contribution < 1.29 is 15.0 Å². The van der Waals surface area contributed by atoms with Crippen LogP contribution in [0.4, 0.5) is 0 Å². The molecule has 1 aromatic rings. The summed E-state index contributed by atoms with van der Waals surface area (Å²) in [6.07, 6.45) is 1.62. The van der Waals surface area contributed by atoms with Crippen molar-refractivity contribution in [3.8, 4) is 5.75 Å². The maximum Gasteiger partial charge on any atom is 0.257 e. The fraction of sp³-hybridized carbons (Fsp3) is 0.533. The third-order valence-corrected chi connectivity index (χ3v) is 3.65. The van der Waals surface area contributed by atoms with E-state index in [1.807, 2.05) is 13.0 Å². The number of benzene rings is 1. The Balaban J connectivity index is 2.14. The van der Waals surface area contributed by atoms with E-state index < -0.39 is 6.10 Å². The fourth-order valence-electron chi connectivity index (χ4n) is 2.32. The first-order valence-corrected chi connectivity index (χ1v) is 6.64. The Kier molecular flexibility index (Phi) is 3.80. The van der Waals surface area contributed by atoms with Crippen molar-refractivity contribution in [2.24, 2.45) is 5.92 Å². The first-order valence-electron chi connectivity index (χ1n) is 6.64. The minimum atomic E-state index is -0.456. The lowest BCUT2D eigenvalue weighted by Gasteiger charge is -2.21. The summed E-state index contributed by atoms with van der Waals surface area (Å²) < 4.78 is 0. The first-order chi connectivity index (χ1) is 8.90. The van der Waals surface area contributed by atoms with Gasteiger partial charge in [-0.25, -0.2) is 0 Å². The average Bonchev–Trinajstić information content (AvgIpc) is 3.16. The number of hydrogen-bond acceptors (Lipinski definition) is 3. The van der Waals surface area contributed by atoms with Crippen molar-refractivity contribution in [1.82, 2.24) is 4.90 Å². The van der Waals surface area contributed by atoms with Crippen LogP contribution in [0.2, 0.25) is 0 Å². The molecule has 19 heavy (non-hydrogen) atoms. The highest BCUT2D eigenvalue weighted by Crippen LogP contribution is 2.33. The van der Waals surface area contributed by atoms with Crippen LogP contribution < -0.4 is 0 Å². The van der Waals surface area contributed by atoms with Crippen LogP contribution in [0.1, 0.15) is 34.3 Å². The first kappa shape index (κ1) is 13.9. The number of aliphatic hydroxyl groups excluding tert-OH is 1. The number of aromatic hydroxyl groups is 1. The number of aryl methyl sites for hydroxylation is 2. The predicted octanol–water partition coefficient (Wildman–Crippen LogP) is 1.85. The van der Waals surface area contributed by atoms with Gasteiger partial charge in [-0.1, -0.05) is 6.07 Å². The topological polar surface area (TPSA) is 60.8 Å². The Morgan fingerprint density at radius 1 is 1.42 bits per heavy atom. The minimum Gasteiger partial charge on any atom is -0.507 e. The van der Waals surface area contributed by atoms with Crippen molar-refractivity contribution in [3.63, 3.8) is 0 Å². The minimum absolute atomic E-state index is 0.0309. The predicted molar refractivity (Wildman–Crippen MR) is 73.3 cm³/mol. The molecule has 1 aromatic carbocycles. The maximum atomic E-state index is 12.3. The van der Waals surface area contributed by atoms with Crippen LogP contribution in [0.3, 0.4) is 0 Å². The number of aliphatic hydroxyl groups is 1. The van der Waals surface area contributed by atoms with Gasteiger partial charge in [-0.15, -0.1) is 0 Å². The molecular formula is C15H21NO3. The summed E-state index contributed by atoms with van der Waals surface area (Å²) in [6, 6.07) is 3.52. The van der Waals surface area contributed by atoms with Gasteiger partial charge < -0.3 is 15.1 Å². The number of hydrogen-bond donors (Lipinski definition) is 2. The van der Waals surface area contributed by atoms with Crippen LogP contribution >= 0.6 is 0 Å². The second-order valence-electron chi connectivity index (χ2n) is 5.57. The second-order valence-corrected chi connectivity index (χ2v) is 5.57. The molecule has 0 saturated heterocycles. The smallest absolute Gasteiger partial charge is 0.257 e. The molecule has 104 valence electrons. The summed E-state index contributed by atoms with van der Waals surface area (Å²) in [6.45, 7) is 3.98. The lowest BCUT2D eigenvalue weighted by atomic mass is 10.0. The fourth-order valence-corrected chi connectivity index (χ4v) is 2.32. The molecule has 4 heteroatoms. The highest BCUT2D eigenvalue weighted by molar-refractivity contribution is 5.97. The third kappa shape index (κ3) is 3.07. The average molecular weight is 263 g/mol. The number of likely N-dealkylation sites (N-methyl/N-ethyl adjacent to an activating group) is 1. The number of phenols is 1. The largest absolute Gasteiger partial charge is 0.507 e. The Morgan fingerprint density at radius 3 is 2.63 bits per heavy atom. The lowest BCUT2D eigenvalue weighted by Crippen LogP contribution is -2.35. The number of amides is 1. The SMILES string of the molecule is Cc1cc(C)c(O)c(C(=O)N(C)CC(O)C2CC2)c1. The third-order valence-electron chi connectivity index (χ3n) is 3.65. The summed E-state index contributed by atoms with van der Waals surface area (Å²) in [5, 5.41) is 19.9. The van der Waals surface area contributed by atoms with Gasteiger partial charge in [0.05, 0.1) is 11.7 Å². The van der Waals surface area contributed by atoms with Crippen molar-refractivity contribution >= 4 is 5.91 Å². The van der Waals surface area contributed by atoms with Gasteiger partial charge in [-0.05, 0) is 49.8 Å². The summed E-state index contributed by atoms with van der Waals surface area (Å²) in [5.41, 5.74) is 1.94. The number of phenolic OH excluding ortho intramolecular Hbond substituents is 1. The summed E-state index contributed by atoms with van der Waals surface area (Å²) in [5.74, 6) is 0.121. The molecule has 1 fully saturated rings. The maximum absolute atomic E-state index is 12.3. The summed E-state index contributed by atoms with van der Waals surface area (Å²) in [4.78, 5) is 13.8. The Labute approximate surface area is 113 Å². The molecule has 1 amide bonds. The Morgan fingerprint density at radius 2 is 2.05 bits per heavy atom. The van der Waals surface area contributed by atoms with Gasteiger partial charge in [0.15, 0.2) is 0 Å². The van der Waals surface area contributed by atoms with Crippen LogP contribution in [-0.2, 0) is 0 Å². The highest BCUT2D eigenvalue weighted by atomic mass is 16.3. The molecule has 2 rings (SSSR count). The van der Waals surface area contributed by atoms with Gasteiger partial charge in [-0.2, -0.15) is 0 Å². The van der Waals surface area contributed by atoms with E-state index in [4.69, 9.17) is 0 Å². The van der Waals surface area contributed by atoms with Crippen molar-refractivity contribution in [2.75, 3.05) is 13.6 Å². The molecule has 2 N–H and O–H groups in total. The van der Waals surface area contributed by atoms with Gasteiger partial charge in [-0.3, -0.25) is 4.79 Å². The number of carbonyl (C=O) groups is 1. The number of rotatable bonds is 4. The zero-order valence-corrected chi connectivity index (χ0v) is 11.7. The van der Waals surface area contributed by atoms with E-state index in [2.05, 4.69) is 0 Å². The van der Waals surface area contributed by atoms with Crippen molar-refractivity contribution in [1.29, 1.82) is 0 Å². The molecule has 1 atom stereocenters. The molecule has 1 aliphatic rings. The van der Waals surface area contributed by atoms with Crippen LogP contribution in [-0.4, -0.2) is 40.7 Å². The zero-order valence-electron chi connectivity index (χ0n) is 11.7. The molecule has 0 aromatic heterocycles. The lowest BCUT2D eigenvalue weighted by molar-refractivity contribution is 0.0642. The second kappa shape index (κ2) is 5.21. The van der Waals surface area contributed by atoms with E-state index in [9.17, 15) is 15.0 Å².